The van der Waals surface area contributed by atoms with Crippen molar-refractivity contribution >= 4 is 21.8 Å². The van der Waals surface area contributed by atoms with Gasteiger partial charge in [-0.15, -0.1) is 0 Å². The Morgan fingerprint density at radius 3 is 2.56 bits per heavy atom. The summed E-state index contributed by atoms with van der Waals surface area (Å²) in [6, 6.07) is 4.78. The highest BCUT2D eigenvalue weighted by molar-refractivity contribution is 9.10. The molecule has 1 heterocycles. The van der Waals surface area contributed by atoms with E-state index in [4.69, 9.17) is 0 Å². The SMILES string of the molecule is CC(C)C1(O)CN(C(=O)c2ccc(Br)cc2O)C1. The van der Waals surface area contributed by atoms with Gasteiger partial charge in [-0.2, -0.15) is 0 Å². The minimum absolute atomic E-state index is 0.0469. The Kier molecular flexibility index (Phi) is 3.38. The van der Waals surface area contributed by atoms with E-state index >= 15 is 0 Å². The van der Waals surface area contributed by atoms with Gasteiger partial charge in [-0.1, -0.05) is 29.8 Å². The zero-order valence-corrected chi connectivity index (χ0v) is 11.9. The Morgan fingerprint density at radius 2 is 2.06 bits per heavy atom. The summed E-state index contributed by atoms with van der Waals surface area (Å²) in [4.78, 5) is 13.7. The summed E-state index contributed by atoms with van der Waals surface area (Å²) in [6.07, 6.45) is 0. The van der Waals surface area contributed by atoms with E-state index in [1.165, 1.54) is 6.07 Å². The molecule has 2 N–H and O–H groups in total. The minimum Gasteiger partial charge on any atom is -0.507 e. The first-order valence-corrected chi connectivity index (χ1v) is 6.63. The summed E-state index contributed by atoms with van der Waals surface area (Å²) in [7, 11) is 0. The monoisotopic (exact) mass is 313 g/mol. The molecule has 0 saturated carbocycles. The van der Waals surface area contributed by atoms with Crippen LogP contribution in [0.15, 0.2) is 22.7 Å². The number of aliphatic hydroxyl groups is 1. The van der Waals surface area contributed by atoms with E-state index in [-0.39, 0.29) is 23.1 Å². The third-order valence-corrected chi connectivity index (χ3v) is 3.97. The highest BCUT2D eigenvalue weighted by Crippen LogP contribution is 2.31. The van der Waals surface area contributed by atoms with Gasteiger partial charge in [-0.3, -0.25) is 4.79 Å². The van der Waals surface area contributed by atoms with Gasteiger partial charge in [-0.05, 0) is 24.1 Å². The number of phenols is 1. The Morgan fingerprint density at radius 1 is 1.44 bits per heavy atom. The molecule has 1 fully saturated rings. The van der Waals surface area contributed by atoms with E-state index in [1.807, 2.05) is 13.8 Å². The summed E-state index contributed by atoms with van der Waals surface area (Å²) in [6.45, 7) is 4.50. The van der Waals surface area contributed by atoms with Crippen molar-refractivity contribution in [1.82, 2.24) is 4.90 Å². The van der Waals surface area contributed by atoms with Crippen LogP contribution in [0.5, 0.6) is 5.75 Å². The van der Waals surface area contributed by atoms with Crippen LogP contribution in [0.4, 0.5) is 0 Å². The lowest BCUT2D eigenvalue weighted by molar-refractivity contribution is -0.110. The van der Waals surface area contributed by atoms with Gasteiger partial charge in [0.15, 0.2) is 0 Å². The molecule has 5 heteroatoms. The number of aromatic hydroxyl groups is 1. The molecular formula is C13H16BrNO3. The molecule has 1 aliphatic heterocycles. The number of benzene rings is 1. The standard InChI is InChI=1S/C13H16BrNO3/c1-8(2)13(18)6-15(7-13)12(17)10-4-3-9(14)5-11(10)16/h3-5,8,16,18H,6-7H2,1-2H3. The number of amides is 1. The van der Waals surface area contributed by atoms with Gasteiger partial charge in [0.1, 0.15) is 11.4 Å². The van der Waals surface area contributed by atoms with E-state index in [9.17, 15) is 15.0 Å². The lowest BCUT2D eigenvalue weighted by atomic mass is 9.82. The Hall–Kier alpha value is -1.07. The van der Waals surface area contributed by atoms with Crippen LogP contribution in [0.2, 0.25) is 0 Å². The normalized spacial score (nSPS) is 17.7. The number of phenolic OH excluding ortho intramolecular Hbond substituents is 1. The van der Waals surface area contributed by atoms with Gasteiger partial charge in [-0.25, -0.2) is 0 Å². The van der Waals surface area contributed by atoms with Crippen LogP contribution in [0.3, 0.4) is 0 Å². The molecule has 1 aromatic rings. The van der Waals surface area contributed by atoms with Crippen LogP contribution in [-0.2, 0) is 0 Å². The number of halogens is 1. The van der Waals surface area contributed by atoms with Crippen molar-refractivity contribution < 1.29 is 15.0 Å². The molecule has 1 amide bonds. The second-order valence-electron chi connectivity index (χ2n) is 5.08. The predicted molar refractivity (Wildman–Crippen MR) is 71.5 cm³/mol. The first kappa shape index (κ1) is 13.4. The Balaban J connectivity index is 2.11. The Labute approximate surface area is 114 Å². The van der Waals surface area contributed by atoms with Crippen LogP contribution >= 0.6 is 15.9 Å². The highest BCUT2D eigenvalue weighted by atomic mass is 79.9. The molecule has 0 aromatic heterocycles. The first-order valence-electron chi connectivity index (χ1n) is 5.83. The molecule has 0 unspecified atom stereocenters. The van der Waals surface area contributed by atoms with Gasteiger partial charge >= 0.3 is 0 Å². The summed E-state index contributed by atoms with van der Waals surface area (Å²) in [5, 5.41) is 19.8. The number of carbonyl (C=O) groups excluding carboxylic acids is 1. The summed E-state index contributed by atoms with van der Waals surface area (Å²) < 4.78 is 0.721. The van der Waals surface area contributed by atoms with Crippen molar-refractivity contribution in [3.8, 4) is 5.75 Å². The molecule has 0 spiro atoms. The number of β-amino-alcohol motifs (C(OH)–C–C–N with tert-alkyl or cyclic N) is 1. The molecule has 98 valence electrons. The van der Waals surface area contributed by atoms with E-state index in [1.54, 1.807) is 17.0 Å². The smallest absolute Gasteiger partial charge is 0.257 e. The summed E-state index contributed by atoms with van der Waals surface area (Å²) in [5.74, 6) is -0.181. The van der Waals surface area contributed by atoms with Crippen molar-refractivity contribution in [2.75, 3.05) is 13.1 Å². The molecule has 0 radical (unpaired) electrons. The number of likely N-dealkylation sites (tertiary alicyclic amines) is 1. The lowest BCUT2D eigenvalue weighted by Crippen LogP contribution is -2.65. The summed E-state index contributed by atoms with van der Waals surface area (Å²) in [5.41, 5.74) is -0.523. The lowest BCUT2D eigenvalue weighted by Gasteiger charge is -2.49. The van der Waals surface area contributed by atoms with Gasteiger partial charge in [0.2, 0.25) is 0 Å². The maximum absolute atomic E-state index is 12.1. The molecule has 0 atom stereocenters. The second-order valence-corrected chi connectivity index (χ2v) is 6.00. The third-order valence-electron chi connectivity index (χ3n) is 3.48. The van der Waals surface area contributed by atoms with Crippen molar-refractivity contribution in [3.63, 3.8) is 0 Å². The predicted octanol–water partition coefficient (Wildman–Crippen LogP) is 2.00. The summed E-state index contributed by atoms with van der Waals surface area (Å²) >= 11 is 3.23. The first-order chi connectivity index (χ1) is 8.33. The van der Waals surface area contributed by atoms with Crippen molar-refractivity contribution in [1.29, 1.82) is 0 Å². The zero-order chi connectivity index (χ0) is 13.5. The number of rotatable bonds is 2. The Bertz CT molecular complexity index is 481. The van der Waals surface area contributed by atoms with E-state index in [2.05, 4.69) is 15.9 Å². The maximum Gasteiger partial charge on any atom is 0.257 e. The van der Waals surface area contributed by atoms with Crippen molar-refractivity contribution in [2.45, 2.75) is 19.4 Å². The zero-order valence-electron chi connectivity index (χ0n) is 10.4. The van der Waals surface area contributed by atoms with Crippen molar-refractivity contribution in [3.05, 3.63) is 28.2 Å². The molecule has 1 aliphatic rings. The van der Waals surface area contributed by atoms with Crippen LogP contribution < -0.4 is 0 Å². The average molecular weight is 314 g/mol. The molecule has 18 heavy (non-hydrogen) atoms. The van der Waals surface area contributed by atoms with Gasteiger partial charge in [0.25, 0.3) is 5.91 Å². The average Bonchev–Trinajstić information content (AvgIpc) is 2.23. The number of nitrogens with zero attached hydrogens (tertiary/aromatic N) is 1. The number of hydrogen-bond donors (Lipinski definition) is 2. The number of hydrogen-bond acceptors (Lipinski definition) is 3. The maximum atomic E-state index is 12.1. The topological polar surface area (TPSA) is 60.8 Å². The molecule has 4 nitrogen and oxygen atoms in total. The number of carbonyl (C=O) groups is 1. The van der Waals surface area contributed by atoms with Gasteiger partial charge < -0.3 is 15.1 Å². The largest absolute Gasteiger partial charge is 0.507 e. The van der Waals surface area contributed by atoms with E-state index < -0.39 is 5.60 Å². The quantitative estimate of drug-likeness (QED) is 0.878. The van der Waals surface area contributed by atoms with E-state index in [0.717, 1.165) is 4.47 Å². The molecule has 0 aliphatic carbocycles. The molecule has 2 rings (SSSR count). The van der Waals surface area contributed by atoms with Crippen LogP contribution in [0.1, 0.15) is 24.2 Å². The molecule has 0 bridgehead atoms. The van der Waals surface area contributed by atoms with Gasteiger partial charge in [0, 0.05) is 4.47 Å². The van der Waals surface area contributed by atoms with Crippen LogP contribution in [-0.4, -0.2) is 39.7 Å². The van der Waals surface area contributed by atoms with Crippen LogP contribution in [0.25, 0.3) is 0 Å². The second kappa shape index (κ2) is 4.55. The van der Waals surface area contributed by atoms with Gasteiger partial charge in [0.05, 0.1) is 18.7 Å². The highest BCUT2D eigenvalue weighted by Gasteiger charge is 2.46. The van der Waals surface area contributed by atoms with E-state index in [0.29, 0.717) is 13.1 Å². The molecular weight excluding hydrogens is 298 g/mol. The fourth-order valence-corrected chi connectivity index (χ4v) is 2.33. The molecule has 1 saturated heterocycles. The fraction of sp³-hybridized carbons (Fsp3) is 0.462. The molecule has 1 aromatic carbocycles. The fourth-order valence-electron chi connectivity index (χ4n) is 1.98. The van der Waals surface area contributed by atoms with Crippen molar-refractivity contribution in [2.24, 2.45) is 5.92 Å². The minimum atomic E-state index is -0.791. The van der Waals surface area contributed by atoms with Crippen LogP contribution in [0, 0.1) is 5.92 Å². The third kappa shape index (κ3) is 2.24.